The summed E-state index contributed by atoms with van der Waals surface area (Å²) < 4.78 is 33.6. The van der Waals surface area contributed by atoms with Gasteiger partial charge in [-0.25, -0.2) is 8.42 Å². The second-order valence-corrected chi connectivity index (χ2v) is 9.96. The van der Waals surface area contributed by atoms with Crippen molar-refractivity contribution in [3.63, 3.8) is 0 Å². The number of carbonyl (C=O) groups is 1. The van der Waals surface area contributed by atoms with Crippen molar-refractivity contribution in [2.45, 2.75) is 38.6 Å². The highest BCUT2D eigenvalue weighted by molar-refractivity contribution is 9.10. The molecule has 2 rings (SSSR count). The Bertz CT molecular complexity index is 959. The number of hydrogen-bond acceptors (Lipinski definition) is 4. The minimum absolute atomic E-state index is 0.0652. The summed E-state index contributed by atoms with van der Waals surface area (Å²) in [5, 5.41) is 2.87. The summed E-state index contributed by atoms with van der Waals surface area (Å²) in [6.45, 7) is 7.49. The molecule has 6 nitrogen and oxygen atoms in total. The fourth-order valence-corrected chi connectivity index (χ4v) is 4.70. The van der Waals surface area contributed by atoms with Crippen molar-refractivity contribution >= 4 is 37.5 Å². The molecule has 0 spiro atoms. The maximum atomic E-state index is 13.4. The van der Waals surface area contributed by atoms with Crippen LogP contribution in [0.3, 0.4) is 0 Å². The van der Waals surface area contributed by atoms with E-state index < -0.39 is 10.0 Å². The lowest BCUT2D eigenvalue weighted by atomic mass is 10.1. The van der Waals surface area contributed by atoms with Crippen LogP contribution in [0.25, 0.3) is 0 Å². The second kappa shape index (κ2) is 9.63. The van der Waals surface area contributed by atoms with Gasteiger partial charge in [-0.1, -0.05) is 31.5 Å². The molecular weight excluding hydrogens is 456 g/mol. The van der Waals surface area contributed by atoms with Gasteiger partial charge in [-0.3, -0.25) is 9.10 Å². The Morgan fingerprint density at radius 2 is 1.76 bits per heavy atom. The molecule has 0 aliphatic rings. The molecule has 0 aliphatic carbocycles. The third-order valence-corrected chi connectivity index (χ3v) is 7.10. The van der Waals surface area contributed by atoms with E-state index in [0.29, 0.717) is 15.9 Å². The van der Waals surface area contributed by atoms with Crippen LogP contribution in [0, 0.1) is 12.8 Å². The lowest BCUT2D eigenvalue weighted by Crippen LogP contribution is -2.45. The SMILES string of the molecule is COc1ccc(S(=O)(=O)N(CC(=O)NC(C)C(C)C)c2ccc(C)cc2)cc1Br. The Morgan fingerprint density at radius 1 is 1.14 bits per heavy atom. The molecule has 0 aromatic heterocycles. The molecule has 0 saturated carbocycles. The average Bonchev–Trinajstić information content (AvgIpc) is 2.66. The Morgan fingerprint density at radius 3 is 2.28 bits per heavy atom. The topological polar surface area (TPSA) is 75.7 Å². The van der Waals surface area contributed by atoms with Gasteiger partial charge in [-0.2, -0.15) is 0 Å². The van der Waals surface area contributed by atoms with Gasteiger partial charge in [0.05, 0.1) is 22.2 Å². The first-order valence-electron chi connectivity index (χ1n) is 9.28. The molecule has 1 N–H and O–H groups in total. The number of aryl methyl sites for hydroxylation is 1. The predicted octanol–water partition coefficient (Wildman–Crippen LogP) is 4.12. The molecule has 1 atom stereocenters. The summed E-state index contributed by atoms with van der Waals surface area (Å²) >= 11 is 3.33. The van der Waals surface area contributed by atoms with Crippen molar-refractivity contribution in [2.75, 3.05) is 18.0 Å². The van der Waals surface area contributed by atoms with Crippen LogP contribution in [0.4, 0.5) is 5.69 Å². The number of nitrogens with zero attached hydrogens (tertiary/aromatic N) is 1. The van der Waals surface area contributed by atoms with E-state index >= 15 is 0 Å². The number of rotatable bonds is 8. The molecule has 1 amide bonds. The number of carbonyl (C=O) groups excluding carboxylic acids is 1. The number of nitrogens with one attached hydrogen (secondary N) is 1. The summed E-state index contributed by atoms with van der Waals surface area (Å²) in [4.78, 5) is 12.7. The van der Waals surface area contributed by atoms with E-state index in [1.807, 2.05) is 39.8 Å². The molecule has 0 aliphatic heterocycles. The standard InChI is InChI=1S/C21H27BrN2O4S/c1-14(2)16(4)23-21(25)13-24(17-8-6-15(3)7-9-17)29(26,27)18-10-11-20(28-5)19(22)12-18/h6-12,14,16H,13H2,1-5H3,(H,23,25). The molecule has 29 heavy (non-hydrogen) atoms. The lowest BCUT2D eigenvalue weighted by molar-refractivity contribution is -0.120. The second-order valence-electron chi connectivity index (χ2n) is 7.24. The normalized spacial score (nSPS) is 12.5. The highest BCUT2D eigenvalue weighted by Crippen LogP contribution is 2.30. The van der Waals surface area contributed by atoms with Gasteiger partial charge in [-0.15, -0.1) is 0 Å². The minimum atomic E-state index is -3.98. The van der Waals surface area contributed by atoms with Gasteiger partial charge in [0, 0.05) is 6.04 Å². The van der Waals surface area contributed by atoms with Gasteiger partial charge < -0.3 is 10.1 Å². The lowest BCUT2D eigenvalue weighted by Gasteiger charge is -2.26. The molecule has 0 bridgehead atoms. The van der Waals surface area contributed by atoms with E-state index in [1.165, 1.54) is 19.2 Å². The van der Waals surface area contributed by atoms with Gasteiger partial charge in [-0.05, 0) is 66.0 Å². The first-order chi connectivity index (χ1) is 13.6. The van der Waals surface area contributed by atoms with Crippen LogP contribution in [0.2, 0.25) is 0 Å². The quantitative estimate of drug-likeness (QED) is 0.613. The summed E-state index contributed by atoms with van der Waals surface area (Å²) in [6.07, 6.45) is 0. The average molecular weight is 483 g/mol. The summed E-state index contributed by atoms with van der Waals surface area (Å²) in [7, 11) is -2.47. The number of ether oxygens (including phenoxy) is 1. The molecule has 0 heterocycles. The van der Waals surface area contributed by atoms with Gasteiger partial charge in [0.15, 0.2) is 0 Å². The fourth-order valence-electron chi connectivity index (χ4n) is 2.56. The smallest absolute Gasteiger partial charge is 0.264 e. The van der Waals surface area contributed by atoms with Crippen LogP contribution in [0.5, 0.6) is 5.75 Å². The highest BCUT2D eigenvalue weighted by Gasteiger charge is 2.28. The van der Waals surface area contributed by atoms with E-state index in [4.69, 9.17) is 4.74 Å². The van der Waals surface area contributed by atoms with Crippen LogP contribution in [0.15, 0.2) is 51.8 Å². The zero-order valence-corrected chi connectivity index (χ0v) is 19.7. The Balaban J connectivity index is 2.44. The molecule has 0 saturated heterocycles. The van der Waals surface area contributed by atoms with Crippen LogP contribution >= 0.6 is 15.9 Å². The van der Waals surface area contributed by atoms with Crippen molar-refractivity contribution in [1.82, 2.24) is 5.32 Å². The van der Waals surface area contributed by atoms with Crippen molar-refractivity contribution < 1.29 is 17.9 Å². The first kappa shape index (κ1) is 23.2. The Hall–Kier alpha value is -2.06. The van der Waals surface area contributed by atoms with Crippen LogP contribution in [0.1, 0.15) is 26.3 Å². The Kier molecular flexibility index (Phi) is 7.71. The minimum Gasteiger partial charge on any atom is -0.496 e. The molecule has 8 heteroatoms. The van der Waals surface area contributed by atoms with E-state index in [9.17, 15) is 13.2 Å². The van der Waals surface area contributed by atoms with Gasteiger partial charge in [0.2, 0.25) is 5.91 Å². The predicted molar refractivity (Wildman–Crippen MR) is 119 cm³/mol. The highest BCUT2D eigenvalue weighted by atomic mass is 79.9. The first-order valence-corrected chi connectivity index (χ1v) is 11.5. The number of halogens is 1. The van der Waals surface area contributed by atoms with Crippen LogP contribution < -0.4 is 14.4 Å². The van der Waals surface area contributed by atoms with E-state index in [1.54, 1.807) is 18.2 Å². The number of amides is 1. The van der Waals surface area contributed by atoms with Crippen molar-refractivity contribution in [2.24, 2.45) is 5.92 Å². The zero-order chi connectivity index (χ0) is 21.8. The maximum Gasteiger partial charge on any atom is 0.264 e. The number of anilines is 1. The third kappa shape index (κ3) is 5.73. The third-order valence-electron chi connectivity index (χ3n) is 4.71. The van der Waals surface area contributed by atoms with Crippen molar-refractivity contribution in [3.8, 4) is 5.75 Å². The maximum absolute atomic E-state index is 13.4. The largest absolute Gasteiger partial charge is 0.496 e. The number of sulfonamides is 1. The van der Waals surface area contributed by atoms with Crippen molar-refractivity contribution in [1.29, 1.82) is 0 Å². The summed E-state index contributed by atoms with van der Waals surface area (Å²) in [6, 6.07) is 11.5. The monoisotopic (exact) mass is 482 g/mol. The van der Waals surface area contributed by atoms with E-state index in [2.05, 4.69) is 21.2 Å². The van der Waals surface area contributed by atoms with Crippen molar-refractivity contribution in [3.05, 3.63) is 52.5 Å². The number of benzene rings is 2. The Labute approximate surface area is 181 Å². The van der Waals surface area contributed by atoms with Gasteiger partial charge >= 0.3 is 0 Å². The molecule has 2 aromatic rings. The summed E-state index contributed by atoms with van der Waals surface area (Å²) in [5.74, 6) is 0.401. The number of methoxy groups -OCH3 is 1. The van der Waals surface area contributed by atoms with E-state index in [-0.39, 0.29) is 29.3 Å². The molecule has 158 valence electrons. The van der Waals surface area contributed by atoms with Crippen LogP contribution in [-0.4, -0.2) is 34.0 Å². The molecular formula is C21H27BrN2O4S. The molecule has 1 unspecified atom stereocenters. The molecule has 0 radical (unpaired) electrons. The molecule has 2 aromatic carbocycles. The van der Waals surface area contributed by atoms with E-state index in [0.717, 1.165) is 9.87 Å². The number of hydrogen-bond donors (Lipinski definition) is 1. The zero-order valence-electron chi connectivity index (χ0n) is 17.3. The molecule has 0 fully saturated rings. The van der Waals surface area contributed by atoms with Crippen LogP contribution in [-0.2, 0) is 14.8 Å². The fraction of sp³-hybridized carbons (Fsp3) is 0.381. The summed E-state index contributed by atoms with van der Waals surface area (Å²) in [5.41, 5.74) is 1.42. The van der Waals surface area contributed by atoms with Gasteiger partial charge in [0.25, 0.3) is 10.0 Å². The van der Waals surface area contributed by atoms with Gasteiger partial charge in [0.1, 0.15) is 12.3 Å².